The van der Waals surface area contributed by atoms with Crippen molar-refractivity contribution in [3.63, 3.8) is 0 Å². The number of rotatable bonds is 13. The van der Waals surface area contributed by atoms with E-state index in [0.29, 0.717) is 18.4 Å². The number of carbonyl (C=O) groups excluding carboxylic acids is 2. The van der Waals surface area contributed by atoms with Gasteiger partial charge in [0.05, 0.1) is 5.92 Å². The largest absolute Gasteiger partial charge is 0.488 e. The molecule has 1 aliphatic carbocycles. The zero-order valence-electron chi connectivity index (χ0n) is 26.3. The van der Waals surface area contributed by atoms with Gasteiger partial charge in [-0.3, -0.25) is 9.59 Å². The molecule has 4 rings (SSSR count). The number of allylic oxidation sites excluding steroid dienone is 1. The predicted octanol–water partition coefficient (Wildman–Crippen LogP) is 8.78. The molecule has 1 amide bonds. The Kier molecular flexibility index (Phi) is 11.7. The van der Waals surface area contributed by atoms with Crippen molar-refractivity contribution in [1.29, 1.82) is 0 Å². The zero-order chi connectivity index (χ0) is 30.1. The van der Waals surface area contributed by atoms with Crippen LogP contribution in [-0.4, -0.2) is 36.0 Å². The normalized spacial score (nSPS) is 16.9. The standard InChI is InChI=1S/C37H51NO4/c1-26(2)22-31(37(40)42-32-16-9-10-17-32)15-11-14-29-18-20-38(21-19-29)36(39)34-24-33(27(3)4)35(23-28(34)5)41-25-30-12-7-6-8-13-30/h6-8,12-13,23-24,26,29,31-32H,3,9-11,14-22,25H2,1-2,4-5H3/t31-/m0/s1. The van der Waals surface area contributed by atoms with Gasteiger partial charge in [0.1, 0.15) is 18.5 Å². The first-order valence-electron chi connectivity index (χ1n) is 16.2. The van der Waals surface area contributed by atoms with Crippen molar-refractivity contribution in [2.45, 2.75) is 105 Å². The lowest BCUT2D eigenvalue weighted by Gasteiger charge is -2.33. The fraction of sp³-hybridized carbons (Fsp3) is 0.568. The molecule has 1 saturated heterocycles. The van der Waals surface area contributed by atoms with Crippen LogP contribution in [0, 0.1) is 24.7 Å². The Bertz CT molecular complexity index is 1190. The lowest BCUT2D eigenvalue weighted by atomic mass is 9.87. The number of benzene rings is 2. The van der Waals surface area contributed by atoms with Gasteiger partial charge < -0.3 is 14.4 Å². The second kappa shape index (κ2) is 15.4. The van der Waals surface area contributed by atoms with Crippen molar-refractivity contribution in [2.24, 2.45) is 17.8 Å². The van der Waals surface area contributed by atoms with Crippen LogP contribution in [0.5, 0.6) is 5.75 Å². The average Bonchev–Trinajstić information content (AvgIpc) is 3.49. The van der Waals surface area contributed by atoms with E-state index in [1.54, 1.807) is 0 Å². The summed E-state index contributed by atoms with van der Waals surface area (Å²) in [6.45, 7) is 14.5. The highest BCUT2D eigenvalue weighted by molar-refractivity contribution is 5.97. The third kappa shape index (κ3) is 8.96. The number of esters is 1. The van der Waals surface area contributed by atoms with Gasteiger partial charge >= 0.3 is 5.97 Å². The number of hydrogen-bond donors (Lipinski definition) is 0. The number of piperidine rings is 1. The highest BCUT2D eigenvalue weighted by atomic mass is 16.5. The Morgan fingerprint density at radius 2 is 1.69 bits per heavy atom. The summed E-state index contributed by atoms with van der Waals surface area (Å²) in [6, 6.07) is 14.0. The first-order valence-corrected chi connectivity index (χ1v) is 16.2. The molecule has 5 heteroatoms. The van der Waals surface area contributed by atoms with Crippen molar-refractivity contribution < 1.29 is 19.1 Å². The van der Waals surface area contributed by atoms with Crippen LogP contribution in [0.2, 0.25) is 0 Å². The lowest BCUT2D eigenvalue weighted by Crippen LogP contribution is -2.38. The fourth-order valence-corrected chi connectivity index (χ4v) is 6.52. The number of nitrogens with zero attached hydrogens (tertiary/aromatic N) is 1. The lowest BCUT2D eigenvalue weighted by molar-refractivity contribution is -0.154. The molecular formula is C37H51NO4. The Labute approximate surface area is 253 Å². The maximum Gasteiger partial charge on any atom is 0.309 e. The second-order valence-corrected chi connectivity index (χ2v) is 13.1. The molecule has 0 aromatic heterocycles. The molecule has 0 radical (unpaired) electrons. The molecule has 1 heterocycles. The van der Waals surface area contributed by atoms with Gasteiger partial charge in [-0.1, -0.05) is 63.6 Å². The van der Waals surface area contributed by atoms with Crippen LogP contribution in [0.15, 0.2) is 49.0 Å². The second-order valence-electron chi connectivity index (χ2n) is 13.1. The van der Waals surface area contributed by atoms with E-state index < -0.39 is 0 Å². The van der Waals surface area contributed by atoms with Crippen LogP contribution >= 0.6 is 0 Å². The number of likely N-dealkylation sites (tertiary alicyclic amines) is 1. The maximum atomic E-state index is 13.6. The van der Waals surface area contributed by atoms with Crippen LogP contribution in [0.4, 0.5) is 0 Å². The highest BCUT2D eigenvalue weighted by Gasteiger charge is 2.28. The Hall–Kier alpha value is -3.08. The molecule has 2 aromatic carbocycles. The molecule has 0 bridgehead atoms. The van der Waals surface area contributed by atoms with Crippen LogP contribution in [0.3, 0.4) is 0 Å². The monoisotopic (exact) mass is 573 g/mol. The SMILES string of the molecule is C=C(C)c1cc(C(=O)N2CCC(CCC[C@@H](CC(C)C)C(=O)OC3CCCC3)CC2)c(C)cc1OCc1ccccc1. The summed E-state index contributed by atoms with van der Waals surface area (Å²) < 4.78 is 12.0. The molecule has 2 fully saturated rings. The molecule has 42 heavy (non-hydrogen) atoms. The van der Waals surface area contributed by atoms with E-state index >= 15 is 0 Å². The minimum absolute atomic E-state index is 0.0115. The summed E-state index contributed by atoms with van der Waals surface area (Å²) in [5, 5.41) is 0. The van der Waals surface area contributed by atoms with Gasteiger partial charge in [-0.25, -0.2) is 0 Å². The van der Waals surface area contributed by atoms with Crippen molar-refractivity contribution in [1.82, 2.24) is 4.90 Å². The van der Waals surface area contributed by atoms with E-state index in [1.165, 1.54) is 12.8 Å². The molecule has 0 spiro atoms. The van der Waals surface area contributed by atoms with E-state index in [2.05, 4.69) is 20.4 Å². The van der Waals surface area contributed by atoms with Gasteiger partial charge in [-0.05, 0) is 106 Å². The minimum atomic E-state index is 0.0115. The molecule has 5 nitrogen and oxygen atoms in total. The van der Waals surface area contributed by atoms with E-state index in [-0.39, 0.29) is 23.9 Å². The zero-order valence-corrected chi connectivity index (χ0v) is 26.3. The minimum Gasteiger partial charge on any atom is -0.488 e. The number of aryl methyl sites for hydroxylation is 1. The highest BCUT2D eigenvalue weighted by Crippen LogP contribution is 2.32. The van der Waals surface area contributed by atoms with Crippen molar-refractivity contribution >= 4 is 17.4 Å². The molecule has 0 unspecified atom stereocenters. The first kappa shape index (κ1) is 31.8. The topological polar surface area (TPSA) is 55.8 Å². The quantitative estimate of drug-likeness (QED) is 0.225. The average molecular weight is 574 g/mol. The molecule has 228 valence electrons. The number of ether oxygens (including phenoxy) is 2. The van der Waals surface area contributed by atoms with E-state index in [0.717, 1.165) is 98.0 Å². The summed E-state index contributed by atoms with van der Waals surface area (Å²) in [5.41, 5.74) is 4.53. The third-order valence-electron chi connectivity index (χ3n) is 8.99. The number of amides is 1. The van der Waals surface area contributed by atoms with Crippen LogP contribution in [-0.2, 0) is 16.1 Å². The Balaban J connectivity index is 1.28. The number of hydrogen-bond acceptors (Lipinski definition) is 4. The summed E-state index contributed by atoms with van der Waals surface area (Å²) in [4.78, 5) is 28.5. The predicted molar refractivity (Wildman–Crippen MR) is 170 cm³/mol. The van der Waals surface area contributed by atoms with Crippen molar-refractivity contribution in [3.8, 4) is 5.75 Å². The maximum absolute atomic E-state index is 13.6. The third-order valence-corrected chi connectivity index (χ3v) is 8.99. The van der Waals surface area contributed by atoms with Gasteiger partial charge in [-0.15, -0.1) is 0 Å². The summed E-state index contributed by atoms with van der Waals surface area (Å²) in [5.74, 6) is 1.98. The fourth-order valence-electron chi connectivity index (χ4n) is 6.52. The summed E-state index contributed by atoms with van der Waals surface area (Å²) in [7, 11) is 0. The van der Waals surface area contributed by atoms with Gasteiger partial charge in [0.25, 0.3) is 5.91 Å². The van der Waals surface area contributed by atoms with Crippen LogP contribution < -0.4 is 4.74 Å². The smallest absolute Gasteiger partial charge is 0.309 e. The van der Waals surface area contributed by atoms with Crippen molar-refractivity contribution in [3.05, 3.63) is 71.3 Å². The van der Waals surface area contributed by atoms with Gasteiger partial charge in [-0.2, -0.15) is 0 Å². The van der Waals surface area contributed by atoms with E-state index in [9.17, 15) is 9.59 Å². The van der Waals surface area contributed by atoms with Gasteiger partial charge in [0.15, 0.2) is 0 Å². The summed E-state index contributed by atoms with van der Waals surface area (Å²) in [6.07, 6.45) is 10.5. The molecule has 0 N–H and O–H groups in total. The first-order chi connectivity index (χ1) is 20.2. The Morgan fingerprint density at radius 3 is 2.33 bits per heavy atom. The number of carbonyl (C=O) groups is 2. The molecular weight excluding hydrogens is 522 g/mol. The molecule has 2 aromatic rings. The Morgan fingerprint density at radius 1 is 1.00 bits per heavy atom. The van der Waals surface area contributed by atoms with Crippen LogP contribution in [0.25, 0.3) is 5.57 Å². The molecule has 1 atom stereocenters. The summed E-state index contributed by atoms with van der Waals surface area (Å²) >= 11 is 0. The van der Waals surface area contributed by atoms with E-state index in [4.69, 9.17) is 9.47 Å². The molecule has 1 aliphatic heterocycles. The molecule has 1 saturated carbocycles. The van der Waals surface area contributed by atoms with Gasteiger partial charge in [0.2, 0.25) is 0 Å². The van der Waals surface area contributed by atoms with Gasteiger partial charge in [0, 0.05) is 24.2 Å². The van der Waals surface area contributed by atoms with E-state index in [1.807, 2.05) is 61.2 Å². The van der Waals surface area contributed by atoms with Crippen molar-refractivity contribution in [2.75, 3.05) is 13.1 Å². The van der Waals surface area contributed by atoms with Crippen LogP contribution in [0.1, 0.15) is 112 Å². The molecule has 2 aliphatic rings.